The first kappa shape index (κ1) is 15.5. The van der Waals surface area contributed by atoms with Crippen molar-refractivity contribution in [3.63, 3.8) is 0 Å². The van der Waals surface area contributed by atoms with Gasteiger partial charge in [0, 0.05) is 11.5 Å². The summed E-state index contributed by atoms with van der Waals surface area (Å²) in [5, 5.41) is 2.37. The number of hydrogen-bond acceptors (Lipinski definition) is 1. The van der Waals surface area contributed by atoms with E-state index in [1.165, 1.54) is 49.7 Å². The van der Waals surface area contributed by atoms with Crippen LogP contribution < -0.4 is 0 Å². The Balaban J connectivity index is 1.62. The van der Waals surface area contributed by atoms with Crippen molar-refractivity contribution in [2.24, 2.45) is 0 Å². The maximum absolute atomic E-state index is 13.6. The summed E-state index contributed by atoms with van der Waals surface area (Å²) in [7, 11) is 0. The van der Waals surface area contributed by atoms with Crippen LogP contribution in [0.5, 0.6) is 0 Å². The Labute approximate surface area is 169 Å². The Morgan fingerprint density at radius 2 is 1.48 bits per heavy atom. The molecule has 0 aromatic heterocycles. The Morgan fingerprint density at radius 1 is 0.690 bits per heavy atom. The Bertz CT molecular complexity index is 1390. The fourth-order valence-electron chi connectivity index (χ4n) is 5.97. The van der Waals surface area contributed by atoms with Gasteiger partial charge in [-0.15, -0.1) is 0 Å². The number of rotatable bonds is 1. The molecule has 7 rings (SSSR count). The van der Waals surface area contributed by atoms with E-state index in [0.29, 0.717) is 0 Å². The third-order valence-corrected chi connectivity index (χ3v) is 7.05. The molecule has 0 spiro atoms. The van der Waals surface area contributed by atoms with Crippen LogP contribution >= 0.6 is 0 Å². The normalized spacial score (nSPS) is 20.9. The van der Waals surface area contributed by atoms with Crippen LogP contribution in [0.3, 0.4) is 0 Å². The average Bonchev–Trinajstić information content (AvgIpc) is 3.29. The summed E-state index contributed by atoms with van der Waals surface area (Å²) in [5.74, 6) is 0.350. The molecule has 136 valence electrons. The Kier molecular flexibility index (Phi) is 2.84. The molecule has 0 fully saturated rings. The third-order valence-electron chi connectivity index (χ3n) is 7.05. The molecule has 4 aromatic carbocycles. The quantitative estimate of drug-likeness (QED) is 0.386. The first-order chi connectivity index (χ1) is 14.3. The number of allylic oxidation sites excluding steroid dienone is 2. The lowest BCUT2D eigenvalue weighted by Crippen LogP contribution is -2.20. The van der Waals surface area contributed by atoms with Gasteiger partial charge < -0.3 is 0 Å². The zero-order valence-electron chi connectivity index (χ0n) is 15.9. The molecule has 0 amide bonds. The fourth-order valence-corrected chi connectivity index (χ4v) is 5.97. The summed E-state index contributed by atoms with van der Waals surface area (Å²) in [5.41, 5.74) is 10.2. The summed E-state index contributed by atoms with van der Waals surface area (Å²) >= 11 is 0. The molecule has 2 unspecified atom stereocenters. The van der Waals surface area contributed by atoms with Crippen molar-refractivity contribution in [2.45, 2.75) is 18.3 Å². The van der Waals surface area contributed by atoms with Gasteiger partial charge in [0.25, 0.3) is 0 Å². The molecule has 1 heteroatoms. The van der Waals surface area contributed by atoms with Gasteiger partial charge in [-0.3, -0.25) is 4.79 Å². The second-order valence-corrected chi connectivity index (χ2v) is 8.39. The van der Waals surface area contributed by atoms with Gasteiger partial charge in [0.2, 0.25) is 0 Å². The highest BCUT2D eigenvalue weighted by molar-refractivity contribution is 6.21. The highest BCUT2D eigenvalue weighted by Crippen LogP contribution is 2.58. The van der Waals surface area contributed by atoms with Gasteiger partial charge in [0.15, 0.2) is 5.78 Å². The SMILES string of the molecule is O=C1c2cccc3ccc4c(c23)C1C1=C(c2ccccc2C1)C4c1ccccc1. The summed E-state index contributed by atoms with van der Waals surface area (Å²) in [4.78, 5) is 13.6. The number of carbonyl (C=O) groups excluding carboxylic acids is 1. The van der Waals surface area contributed by atoms with Crippen LogP contribution in [-0.4, -0.2) is 5.78 Å². The first-order valence-corrected chi connectivity index (χ1v) is 10.3. The molecule has 3 aliphatic carbocycles. The van der Waals surface area contributed by atoms with Gasteiger partial charge in [-0.1, -0.05) is 84.9 Å². The van der Waals surface area contributed by atoms with Crippen LogP contribution in [0.15, 0.2) is 90.5 Å². The van der Waals surface area contributed by atoms with E-state index in [4.69, 9.17) is 0 Å². The van der Waals surface area contributed by atoms with E-state index in [1.807, 2.05) is 12.1 Å². The smallest absolute Gasteiger partial charge is 0.175 e. The summed E-state index contributed by atoms with van der Waals surface area (Å²) < 4.78 is 0. The van der Waals surface area contributed by atoms with Crippen molar-refractivity contribution in [1.82, 2.24) is 0 Å². The van der Waals surface area contributed by atoms with Gasteiger partial charge in [-0.2, -0.15) is 0 Å². The molecular weight excluding hydrogens is 352 g/mol. The van der Waals surface area contributed by atoms with Crippen LogP contribution in [0, 0.1) is 0 Å². The molecule has 0 aliphatic heterocycles. The zero-order valence-corrected chi connectivity index (χ0v) is 15.9. The lowest BCUT2D eigenvalue weighted by Gasteiger charge is -2.32. The van der Waals surface area contributed by atoms with Crippen molar-refractivity contribution >= 4 is 22.1 Å². The van der Waals surface area contributed by atoms with E-state index in [0.717, 1.165) is 12.0 Å². The average molecular weight is 370 g/mol. The van der Waals surface area contributed by atoms with Crippen LogP contribution in [0.25, 0.3) is 16.3 Å². The third kappa shape index (κ3) is 1.83. The number of hydrogen-bond donors (Lipinski definition) is 0. The van der Waals surface area contributed by atoms with E-state index in [9.17, 15) is 4.79 Å². The van der Waals surface area contributed by atoms with Crippen LogP contribution in [-0.2, 0) is 6.42 Å². The highest BCUT2D eigenvalue weighted by Gasteiger charge is 2.46. The van der Waals surface area contributed by atoms with Crippen LogP contribution in [0.1, 0.15) is 50.0 Å². The predicted molar refractivity (Wildman–Crippen MR) is 116 cm³/mol. The van der Waals surface area contributed by atoms with Gasteiger partial charge in [-0.25, -0.2) is 0 Å². The largest absolute Gasteiger partial charge is 0.293 e. The van der Waals surface area contributed by atoms with E-state index in [2.05, 4.69) is 72.8 Å². The van der Waals surface area contributed by atoms with Gasteiger partial charge in [0.05, 0.1) is 5.92 Å². The van der Waals surface area contributed by atoms with Crippen LogP contribution in [0.4, 0.5) is 0 Å². The second-order valence-electron chi connectivity index (χ2n) is 8.39. The van der Waals surface area contributed by atoms with E-state index < -0.39 is 0 Å². The zero-order chi connectivity index (χ0) is 19.1. The molecule has 0 heterocycles. The maximum atomic E-state index is 13.6. The molecule has 0 N–H and O–H groups in total. The molecule has 0 radical (unpaired) electrons. The highest BCUT2D eigenvalue weighted by atomic mass is 16.1. The van der Waals surface area contributed by atoms with E-state index in [-0.39, 0.29) is 17.6 Å². The predicted octanol–water partition coefficient (Wildman–Crippen LogP) is 6.28. The standard InChI is InChI=1S/C28H18O/c29-28-21-12-6-10-17-13-14-20-23(16-7-2-1-3-8-16)25-19-11-5-4-9-18(19)15-22(25)27(28)26(20)24(17)21/h1-14,23,27H,15H2. The number of Topliss-reactive ketones (excluding diaryl/α,β-unsaturated/α-hetero) is 1. The molecule has 0 saturated heterocycles. The van der Waals surface area contributed by atoms with E-state index in [1.54, 1.807) is 0 Å². The van der Waals surface area contributed by atoms with Gasteiger partial charge in [0.1, 0.15) is 0 Å². The fraction of sp³-hybridized carbons (Fsp3) is 0.107. The lowest BCUT2D eigenvalue weighted by atomic mass is 9.70. The van der Waals surface area contributed by atoms with Crippen molar-refractivity contribution in [3.8, 4) is 0 Å². The minimum atomic E-state index is -0.117. The van der Waals surface area contributed by atoms with E-state index >= 15 is 0 Å². The van der Waals surface area contributed by atoms with Crippen molar-refractivity contribution in [3.05, 3.63) is 124 Å². The second kappa shape index (κ2) is 5.33. The van der Waals surface area contributed by atoms with Crippen molar-refractivity contribution < 1.29 is 4.79 Å². The number of carbonyl (C=O) groups is 1. The number of fused-ring (bicyclic) bond motifs is 3. The summed E-state index contributed by atoms with van der Waals surface area (Å²) in [6.07, 6.45) is 0.884. The first-order valence-electron chi connectivity index (χ1n) is 10.3. The Morgan fingerprint density at radius 3 is 2.38 bits per heavy atom. The number of ketones is 1. The summed E-state index contributed by atoms with van der Waals surface area (Å²) in [6, 6.07) is 30.2. The topological polar surface area (TPSA) is 17.1 Å². The molecule has 0 bridgehead atoms. The molecule has 2 atom stereocenters. The monoisotopic (exact) mass is 370 g/mol. The van der Waals surface area contributed by atoms with Gasteiger partial charge in [-0.05, 0) is 56.2 Å². The minimum absolute atomic E-state index is 0.117. The molecule has 3 aliphatic rings. The van der Waals surface area contributed by atoms with Crippen molar-refractivity contribution in [2.75, 3.05) is 0 Å². The molecule has 29 heavy (non-hydrogen) atoms. The lowest BCUT2D eigenvalue weighted by molar-refractivity contribution is 0.0979. The molecule has 4 aromatic rings. The maximum Gasteiger partial charge on any atom is 0.175 e. The van der Waals surface area contributed by atoms with Gasteiger partial charge >= 0.3 is 0 Å². The minimum Gasteiger partial charge on any atom is -0.293 e. The Hall–Kier alpha value is -3.45. The molecular formula is C28H18O. The summed E-state index contributed by atoms with van der Waals surface area (Å²) in [6.45, 7) is 0. The van der Waals surface area contributed by atoms with Crippen molar-refractivity contribution in [1.29, 1.82) is 0 Å². The van der Waals surface area contributed by atoms with Crippen LogP contribution in [0.2, 0.25) is 0 Å². The molecule has 0 saturated carbocycles. The molecule has 1 nitrogen and oxygen atoms in total. The number of benzene rings is 4.